The summed E-state index contributed by atoms with van der Waals surface area (Å²) in [6.45, 7) is 8.22. The van der Waals surface area contributed by atoms with Gasteiger partial charge in [-0.3, -0.25) is 9.79 Å². The lowest BCUT2D eigenvalue weighted by atomic mass is 9.95. The van der Waals surface area contributed by atoms with Crippen LogP contribution < -0.4 is 5.32 Å². The lowest BCUT2D eigenvalue weighted by Gasteiger charge is -2.14. The van der Waals surface area contributed by atoms with Crippen LogP contribution in [0.3, 0.4) is 0 Å². The summed E-state index contributed by atoms with van der Waals surface area (Å²) in [6.07, 6.45) is 6.18. The molecular weight excluding hydrogens is 486 g/mol. The Labute approximate surface area is 221 Å². The lowest BCUT2D eigenvalue weighted by Crippen LogP contribution is -2.17. The molecule has 1 aliphatic carbocycles. The molecule has 0 fully saturated rings. The van der Waals surface area contributed by atoms with Crippen molar-refractivity contribution in [2.75, 3.05) is 5.32 Å². The van der Waals surface area contributed by atoms with Gasteiger partial charge in [-0.15, -0.1) is 11.3 Å². The fourth-order valence-corrected chi connectivity index (χ4v) is 6.55. The minimum absolute atomic E-state index is 0.0366. The van der Waals surface area contributed by atoms with Crippen LogP contribution in [0.2, 0.25) is 5.02 Å². The van der Waals surface area contributed by atoms with Crippen molar-refractivity contribution in [3.63, 3.8) is 0 Å². The number of hydrogen-bond acceptors (Lipinski definition) is 3. The number of halogens is 1. The molecule has 36 heavy (non-hydrogen) atoms. The number of aryl methyl sites for hydroxylation is 3. The van der Waals surface area contributed by atoms with Gasteiger partial charge in [-0.2, -0.15) is 0 Å². The van der Waals surface area contributed by atoms with E-state index < -0.39 is 0 Å². The first-order chi connectivity index (χ1) is 17.3. The summed E-state index contributed by atoms with van der Waals surface area (Å²) in [4.78, 5) is 19.7. The van der Waals surface area contributed by atoms with Gasteiger partial charge >= 0.3 is 0 Å². The highest BCUT2D eigenvalue weighted by atomic mass is 35.5. The maximum absolute atomic E-state index is 13.7. The van der Waals surface area contributed by atoms with Crippen LogP contribution in [0.4, 0.5) is 11.4 Å². The molecule has 1 amide bonds. The van der Waals surface area contributed by atoms with Gasteiger partial charge in [0.1, 0.15) is 5.00 Å². The number of rotatable bonds is 5. The monoisotopic (exact) mass is 515 g/mol. The van der Waals surface area contributed by atoms with Crippen molar-refractivity contribution in [3.05, 3.63) is 97.6 Å². The number of nitrogens with zero attached hydrogens (tertiary/aromatic N) is 2. The number of anilines is 1. The SMILES string of the molecule is Cc1ccc(NC(=O)c2c(-n3c(C)cc(C=Nc4cccc(Cl)c4C)c3C)sc3c2CCCC3)cc1. The number of thiophene rings is 1. The van der Waals surface area contributed by atoms with Gasteiger partial charge in [0, 0.05) is 38.8 Å². The highest BCUT2D eigenvalue weighted by Gasteiger charge is 2.28. The number of nitrogens with one attached hydrogen (secondary N) is 1. The summed E-state index contributed by atoms with van der Waals surface area (Å²) >= 11 is 8.04. The third-order valence-corrected chi connectivity index (χ3v) is 8.63. The topological polar surface area (TPSA) is 46.4 Å². The third kappa shape index (κ3) is 4.65. The molecule has 0 unspecified atom stereocenters. The van der Waals surface area contributed by atoms with E-state index in [0.717, 1.165) is 63.7 Å². The first kappa shape index (κ1) is 24.5. The standard InChI is InChI=1S/C30H30ClN3OS/c1-18-12-14-23(15-13-18)33-29(35)28-24-8-5-6-11-27(24)36-30(28)34-19(2)16-22(21(34)4)17-32-26-10-7-9-25(31)20(26)3/h7,9-10,12-17H,5-6,8,11H2,1-4H3,(H,33,35). The number of carbonyl (C=O) groups excluding carboxylic acids is 1. The van der Waals surface area contributed by atoms with Gasteiger partial charge < -0.3 is 9.88 Å². The van der Waals surface area contributed by atoms with Gasteiger partial charge in [-0.25, -0.2) is 0 Å². The van der Waals surface area contributed by atoms with E-state index >= 15 is 0 Å². The molecule has 1 aliphatic rings. The molecule has 2 aromatic heterocycles. The molecule has 4 nitrogen and oxygen atoms in total. The number of hydrogen-bond donors (Lipinski definition) is 1. The van der Waals surface area contributed by atoms with Crippen molar-refractivity contribution in [2.24, 2.45) is 4.99 Å². The molecular formula is C30H30ClN3OS. The fraction of sp³-hybridized carbons (Fsp3) is 0.267. The largest absolute Gasteiger partial charge is 0.322 e. The second-order valence-corrected chi connectivity index (χ2v) is 11.0. The Morgan fingerprint density at radius 1 is 1.06 bits per heavy atom. The Balaban J connectivity index is 1.56. The number of aliphatic imine (C=N–C) groups is 1. The van der Waals surface area contributed by atoms with Gasteiger partial charge in [0.2, 0.25) is 0 Å². The maximum Gasteiger partial charge on any atom is 0.258 e. The predicted octanol–water partition coefficient (Wildman–Crippen LogP) is 8.31. The van der Waals surface area contributed by atoms with Gasteiger partial charge in [0.15, 0.2) is 0 Å². The summed E-state index contributed by atoms with van der Waals surface area (Å²) in [5.41, 5.74) is 9.01. The second-order valence-electron chi connectivity index (χ2n) is 9.52. The van der Waals surface area contributed by atoms with Crippen LogP contribution in [0.5, 0.6) is 0 Å². The molecule has 2 heterocycles. The van der Waals surface area contributed by atoms with Crippen LogP contribution in [0.1, 0.15) is 61.7 Å². The predicted molar refractivity (Wildman–Crippen MR) is 152 cm³/mol. The Morgan fingerprint density at radius 3 is 2.58 bits per heavy atom. The number of aromatic nitrogens is 1. The maximum atomic E-state index is 13.7. The fourth-order valence-electron chi connectivity index (χ4n) is 4.88. The van der Waals surface area contributed by atoms with Crippen LogP contribution in [-0.4, -0.2) is 16.7 Å². The normalized spacial score (nSPS) is 13.2. The van der Waals surface area contributed by atoms with Crippen molar-refractivity contribution in [1.29, 1.82) is 0 Å². The van der Waals surface area contributed by atoms with Gasteiger partial charge in [-0.1, -0.05) is 35.4 Å². The molecule has 0 saturated heterocycles. The molecule has 0 radical (unpaired) electrons. The summed E-state index contributed by atoms with van der Waals surface area (Å²) in [5, 5.41) is 4.86. The molecule has 4 aromatic rings. The number of amides is 1. The highest BCUT2D eigenvalue weighted by Crippen LogP contribution is 2.39. The number of carbonyl (C=O) groups is 1. The Hall–Kier alpha value is -3.15. The lowest BCUT2D eigenvalue weighted by molar-refractivity contribution is 0.102. The van der Waals surface area contributed by atoms with Crippen molar-refractivity contribution in [3.8, 4) is 5.00 Å². The molecule has 184 valence electrons. The second kappa shape index (κ2) is 10.1. The van der Waals surface area contributed by atoms with E-state index in [4.69, 9.17) is 16.6 Å². The van der Waals surface area contributed by atoms with Crippen LogP contribution in [0.25, 0.3) is 5.00 Å². The first-order valence-corrected chi connectivity index (χ1v) is 13.5. The van der Waals surface area contributed by atoms with E-state index in [-0.39, 0.29) is 5.91 Å². The molecule has 0 bridgehead atoms. The minimum Gasteiger partial charge on any atom is -0.322 e. The van der Waals surface area contributed by atoms with E-state index in [1.165, 1.54) is 22.4 Å². The van der Waals surface area contributed by atoms with E-state index in [9.17, 15) is 4.79 Å². The zero-order chi connectivity index (χ0) is 25.4. The zero-order valence-electron chi connectivity index (χ0n) is 21.1. The van der Waals surface area contributed by atoms with E-state index in [1.54, 1.807) is 11.3 Å². The number of benzene rings is 2. The third-order valence-electron chi connectivity index (χ3n) is 6.94. The summed E-state index contributed by atoms with van der Waals surface area (Å²) in [5.74, 6) is -0.0366. The molecule has 1 N–H and O–H groups in total. The smallest absolute Gasteiger partial charge is 0.258 e. The summed E-state index contributed by atoms with van der Waals surface area (Å²) in [6, 6.07) is 15.9. The van der Waals surface area contributed by atoms with Crippen LogP contribution in [-0.2, 0) is 12.8 Å². The zero-order valence-corrected chi connectivity index (χ0v) is 22.7. The summed E-state index contributed by atoms with van der Waals surface area (Å²) < 4.78 is 2.22. The van der Waals surface area contributed by atoms with Crippen molar-refractivity contribution in [1.82, 2.24) is 4.57 Å². The number of fused-ring (bicyclic) bond motifs is 1. The van der Waals surface area contributed by atoms with E-state index in [0.29, 0.717) is 5.02 Å². The molecule has 0 spiro atoms. The minimum atomic E-state index is -0.0366. The summed E-state index contributed by atoms with van der Waals surface area (Å²) in [7, 11) is 0. The molecule has 5 rings (SSSR count). The van der Waals surface area contributed by atoms with Crippen LogP contribution >= 0.6 is 22.9 Å². The molecule has 0 saturated carbocycles. The van der Waals surface area contributed by atoms with Gasteiger partial charge in [0.05, 0.1) is 11.3 Å². The average Bonchev–Trinajstić information content (AvgIpc) is 3.37. The van der Waals surface area contributed by atoms with Crippen molar-refractivity contribution in [2.45, 2.75) is 53.4 Å². The van der Waals surface area contributed by atoms with Gasteiger partial charge in [-0.05, 0) is 94.8 Å². The van der Waals surface area contributed by atoms with Crippen LogP contribution in [0.15, 0.2) is 53.5 Å². The Bertz CT molecular complexity index is 1480. The molecule has 0 atom stereocenters. The van der Waals surface area contributed by atoms with Crippen molar-refractivity contribution >= 4 is 46.4 Å². The van der Waals surface area contributed by atoms with E-state index in [2.05, 4.69) is 29.8 Å². The van der Waals surface area contributed by atoms with Crippen LogP contribution in [0, 0.1) is 27.7 Å². The molecule has 2 aromatic carbocycles. The van der Waals surface area contributed by atoms with Crippen molar-refractivity contribution < 1.29 is 4.79 Å². The average molecular weight is 516 g/mol. The van der Waals surface area contributed by atoms with E-state index in [1.807, 2.05) is 62.5 Å². The molecule has 0 aliphatic heterocycles. The Morgan fingerprint density at radius 2 is 1.81 bits per heavy atom. The quantitative estimate of drug-likeness (QED) is 0.267. The molecule has 6 heteroatoms. The highest BCUT2D eigenvalue weighted by molar-refractivity contribution is 7.15. The van der Waals surface area contributed by atoms with Gasteiger partial charge in [0.25, 0.3) is 5.91 Å². The first-order valence-electron chi connectivity index (χ1n) is 12.3. The Kier molecular flexibility index (Phi) is 6.87.